The Morgan fingerprint density at radius 1 is 1.35 bits per heavy atom. The minimum absolute atomic E-state index is 0.00167. The molecule has 104 valence electrons. The number of anilines is 1. The third kappa shape index (κ3) is 2.72. The summed E-state index contributed by atoms with van der Waals surface area (Å²) in [6.45, 7) is 0. The van der Waals surface area contributed by atoms with Crippen LogP contribution in [-0.4, -0.2) is 10.3 Å². The second kappa shape index (κ2) is 5.54. The van der Waals surface area contributed by atoms with Crippen LogP contribution in [0.2, 0.25) is 5.02 Å². The predicted molar refractivity (Wildman–Crippen MR) is 84.8 cm³/mol. The quantitative estimate of drug-likeness (QED) is 0.919. The van der Waals surface area contributed by atoms with Crippen LogP contribution in [0.15, 0.2) is 46.2 Å². The lowest BCUT2D eigenvalue weighted by Gasteiger charge is -2.27. The number of halogens is 1. The molecular formula is C15H15ClN2OS. The molecule has 3 nitrogen and oxygen atoms in total. The Morgan fingerprint density at radius 3 is 3.00 bits per heavy atom. The van der Waals surface area contributed by atoms with E-state index in [1.54, 1.807) is 17.7 Å². The van der Waals surface area contributed by atoms with Crippen molar-refractivity contribution < 1.29 is 0 Å². The molecule has 2 heterocycles. The van der Waals surface area contributed by atoms with Gasteiger partial charge in [0, 0.05) is 35.0 Å². The van der Waals surface area contributed by atoms with Crippen LogP contribution in [0.4, 0.5) is 5.69 Å². The van der Waals surface area contributed by atoms with Crippen LogP contribution in [0.25, 0.3) is 0 Å². The van der Waals surface area contributed by atoms with E-state index in [0.29, 0.717) is 0 Å². The number of nitrogens with one attached hydrogen (secondary N) is 1. The van der Waals surface area contributed by atoms with E-state index in [0.717, 1.165) is 22.9 Å². The van der Waals surface area contributed by atoms with Crippen LogP contribution < -0.4 is 10.9 Å². The molecule has 1 aliphatic rings. The Bertz CT molecular complexity index is 699. The molecule has 0 saturated carbocycles. The predicted octanol–water partition coefficient (Wildman–Crippen LogP) is 3.69. The summed E-state index contributed by atoms with van der Waals surface area (Å²) in [5.74, 6) is 1.08. The molecule has 1 aromatic heterocycles. The molecule has 1 N–H and O–H groups in total. The van der Waals surface area contributed by atoms with E-state index in [9.17, 15) is 4.79 Å². The van der Waals surface area contributed by atoms with Gasteiger partial charge in [-0.2, -0.15) is 0 Å². The molecule has 0 radical (unpaired) electrons. The van der Waals surface area contributed by atoms with Gasteiger partial charge < -0.3 is 9.88 Å². The second-order valence-electron chi connectivity index (χ2n) is 4.88. The van der Waals surface area contributed by atoms with Gasteiger partial charge in [-0.1, -0.05) is 11.6 Å². The zero-order valence-corrected chi connectivity index (χ0v) is 12.7. The minimum atomic E-state index is -0.00167. The number of benzene rings is 1. The highest BCUT2D eigenvalue weighted by Crippen LogP contribution is 2.39. The van der Waals surface area contributed by atoms with Crippen molar-refractivity contribution in [1.29, 1.82) is 0 Å². The summed E-state index contributed by atoms with van der Waals surface area (Å²) in [7, 11) is 1.76. The molecule has 0 spiro atoms. The lowest BCUT2D eigenvalue weighted by Crippen LogP contribution is -2.19. The SMILES string of the molecule is Cn1cc(NC2CCSc3ccc(Cl)cc32)ccc1=O. The van der Waals surface area contributed by atoms with Gasteiger partial charge in [0.2, 0.25) is 5.56 Å². The Kier molecular flexibility index (Phi) is 3.76. The molecule has 1 unspecified atom stereocenters. The molecule has 2 aromatic rings. The maximum Gasteiger partial charge on any atom is 0.250 e. The van der Waals surface area contributed by atoms with Crippen molar-refractivity contribution in [2.24, 2.45) is 7.05 Å². The second-order valence-corrected chi connectivity index (χ2v) is 6.46. The molecule has 0 bridgehead atoms. The Morgan fingerprint density at radius 2 is 2.20 bits per heavy atom. The molecule has 0 amide bonds. The molecule has 20 heavy (non-hydrogen) atoms. The Labute approximate surface area is 127 Å². The van der Waals surface area contributed by atoms with Crippen molar-refractivity contribution in [3.8, 4) is 0 Å². The average Bonchev–Trinajstić information content (AvgIpc) is 2.44. The van der Waals surface area contributed by atoms with E-state index in [4.69, 9.17) is 11.6 Å². The lowest BCUT2D eigenvalue weighted by atomic mass is 10.0. The minimum Gasteiger partial charge on any atom is -0.377 e. The van der Waals surface area contributed by atoms with Crippen LogP contribution in [0.3, 0.4) is 0 Å². The lowest BCUT2D eigenvalue weighted by molar-refractivity contribution is 0.725. The first kappa shape index (κ1) is 13.6. The topological polar surface area (TPSA) is 34.0 Å². The van der Waals surface area contributed by atoms with Gasteiger partial charge in [-0.05, 0) is 36.2 Å². The van der Waals surface area contributed by atoms with Gasteiger partial charge >= 0.3 is 0 Å². The zero-order valence-electron chi connectivity index (χ0n) is 11.1. The number of nitrogens with zero attached hydrogens (tertiary/aromatic N) is 1. The zero-order chi connectivity index (χ0) is 14.1. The van der Waals surface area contributed by atoms with E-state index in [1.165, 1.54) is 10.5 Å². The molecule has 3 rings (SSSR count). The van der Waals surface area contributed by atoms with Gasteiger partial charge in [0.15, 0.2) is 0 Å². The summed E-state index contributed by atoms with van der Waals surface area (Å²) >= 11 is 7.97. The van der Waals surface area contributed by atoms with Gasteiger partial charge in [0.25, 0.3) is 0 Å². The fraction of sp³-hybridized carbons (Fsp3) is 0.267. The number of thioether (sulfide) groups is 1. The maximum absolute atomic E-state index is 11.4. The first-order valence-electron chi connectivity index (χ1n) is 6.49. The summed E-state index contributed by atoms with van der Waals surface area (Å²) < 4.78 is 1.58. The molecule has 1 aromatic carbocycles. The molecule has 0 aliphatic carbocycles. The number of hydrogen-bond acceptors (Lipinski definition) is 3. The van der Waals surface area contributed by atoms with Gasteiger partial charge in [-0.25, -0.2) is 0 Å². The van der Waals surface area contributed by atoms with Gasteiger partial charge in [0.1, 0.15) is 0 Å². The van der Waals surface area contributed by atoms with E-state index >= 15 is 0 Å². The standard InChI is InChI=1S/C15H15ClN2OS/c1-18-9-11(3-5-15(18)19)17-13-6-7-20-14-4-2-10(16)8-12(13)14/h2-5,8-9,13,17H,6-7H2,1H3. The number of aromatic nitrogens is 1. The van der Waals surface area contributed by atoms with Gasteiger partial charge in [0.05, 0.1) is 11.7 Å². The Balaban J connectivity index is 1.90. The molecule has 1 aliphatic heterocycles. The van der Waals surface area contributed by atoms with Crippen molar-refractivity contribution in [2.45, 2.75) is 17.4 Å². The molecule has 0 fully saturated rings. The third-order valence-corrected chi connectivity index (χ3v) is 4.80. The van der Waals surface area contributed by atoms with E-state index in [2.05, 4.69) is 11.4 Å². The van der Waals surface area contributed by atoms with Crippen molar-refractivity contribution in [2.75, 3.05) is 11.1 Å². The van der Waals surface area contributed by atoms with Crippen molar-refractivity contribution >= 4 is 29.1 Å². The van der Waals surface area contributed by atoms with Crippen LogP contribution in [-0.2, 0) is 7.05 Å². The van der Waals surface area contributed by atoms with Crippen LogP contribution >= 0.6 is 23.4 Å². The first-order valence-corrected chi connectivity index (χ1v) is 7.85. The number of hydrogen-bond donors (Lipinski definition) is 1. The summed E-state index contributed by atoms with van der Waals surface area (Å²) in [5, 5.41) is 4.26. The number of rotatable bonds is 2. The summed E-state index contributed by atoms with van der Waals surface area (Å²) in [6, 6.07) is 9.69. The highest BCUT2D eigenvalue weighted by atomic mass is 35.5. The molecule has 1 atom stereocenters. The van der Waals surface area contributed by atoms with E-state index in [-0.39, 0.29) is 11.6 Å². The van der Waals surface area contributed by atoms with E-state index < -0.39 is 0 Å². The van der Waals surface area contributed by atoms with Gasteiger partial charge in [-0.3, -0.25) is 4.79 Å². The Hall–Kier alpha value is -1.39. The fourth-order valence-electron chi connectivity index (χ4n) is 2.40. The molecular weight excluding hydrogens is 292 g/mol. The smallest absolute Gasteiger partial charge is 0.250 e. The number of fused-ring (bicyclic) bond motifs is 1. The highest BCUT2D eigenvalue weighted by Gasteiger charge is 2.21. The van der Waals surface area contributed by atoms with Crippen LogP contribution in [0, 0.1) is 0 Å². The summed E-state index contributed by atoms with van der Waals surface area (Å²) in [6.07, 6.45) is 2.87. The normalized spacial score (nSPS) is 17.6. The van der Waals surface area contributed by atoms with Crippen LogP contribution in [0.5, 0.6) is 0 Å². The summed E-state index contributed by atoms with van der Waals surface area (Å²) in [4.78, 5) is 12.7. The van der Waals surface area contributed by atoms with Crippen LogP contribution in [0.1, 0.15) is 18.0 Å². The molecule has 5 heteroatoms. The maximum atomic E-state index is 11.4. The molecule has 0 saturated heterocycles. The van der Waals surface area contributed by atoms with Crippen molar-refractivity contribution in [3.63, 3.8) is 0 Å². The average molecular weight is 307 g/mol. The first-order chi connectivity index (χ1) is 9.63. The van der Waals surface area contributed by atoms with Crippen molar-refractivity contribution in [3.05, 3.63) is 57.5 Å². The van der Waals surface area contributed by atoms with Gasteiger partial charge in [-0.15, -0.1) is 11.8 Å². The monoisotopic (exact) mass is 306 g/mol. The fourth-order valence-corrected chi connectivity index (χ4v) is 3.68. The van der Waals surface area contributed by atoms with E-state index in [1.807, 2.05) is 36.2 Å². The number of pyridine rings is 1. The third-order valence-electron chi connectivity index (χ3n) is 3.44. The highest BCUT2D eigenvalue weighted by molar-refractivity contribution is 7.99. The largest absolute Gasteiger partial charge is 0.377 e. The summed E-state index contributed by atoms with van der Waals surface area (Å²) in [5.41, 5.74) is 2.19. The van der Waals surface area contributed by atoms with Crippen molar-refractivity contribution in [1.82, 2.24) is 4.57 Å². The number of aryl methyl sites for hydroxylation is 1.